The zero-order valence-electron chi connectivity index (χ0n) is 13.4. The van der Waals surface area contributed by atoms with Gasteiger partial charge in [-0.05, 0) is 12.8 Å². The van der Waals surface area contributed by atoms with Gasteiger partial charge in [0.15, 0.2) is 0 Å². The van der Waals surface area contributed by atoms with E-state index in [1.165, 1.54) is 71.3 Å². The highest BCUT2D eigenvalue weighted by Gasteiger charge is 2.17. The SMILES string of the molecule is CCCCCCCCC(CCCCCC)C(=O)OC. The summed E-state index contributed by atoms with van der Waals surface area (Å²) in [6.45, 7) is 4.46. The summed E-state index contributed by atoms with van der Waals surface area (Å²) < 4.78 is 4.93. The topological polar surface area (TPSA) is 26.3 Å². The second-order valence-electron chi connectivity index (χ2n) is 5.63. The van der Waals surface area contributed by atoms with Crippen LogP contribution in [-0.4, -0.2) is 13.1 Å². The fourth-order valence-corrected chi connectivity index (χ4v) is 2.54. The van der Waals surface area contributed by atoms with Crippen molar-refractivity contribution < 1.29 is 9.53 Å². The lowest BCUT2D eigenvalue weighted by molar-refractivity contribution is -0.146. The maximum Gasteiger partial charge on any atom is 0.308 e. The average Bonchev–Trinajstić information content (AvgIpc) is 2.44. The van der Waals surface area contributed by atoms with E-state index in [0.717, 1.165) is 12.8 Å². The minimum absolute atomic E-state index is 0.00468. The van der Waals surface area contributed by atoms with E-state index in [9.17, 15) is 4.79 Å². The minimum Gasteiger partial charge on any atom is -0.469 e. The summed E-state index contributed by atoms with van der Waals surface area (Å²) in [5.74, 6) is 0.151. The van der Waals surface area contributed by atoms with Crippen molar-refractivity contribution in [3.05, 3.63) is 0 Å². The fourth-order valence-electron chi connectivity index (χ4n) is 2.54. The Bertz CT molecular complexity index is 201. The molecule has 0 amide bonds. The third-order valence-electron chi connectivity index (χ3n) is 3.85. The zero-order chi connectivity index (χ0) is 14.3. The van der Waals surface area contributed by atoms with E-state index in [-0.39, 0.29) is 11.9 Å². The largest absolute Gasteiger partial charge is 0.469 e. The van der Waals surface area contributed by atoms with Gasteiger partial charge in [-0.25, -0.2) is 0 Å². The van der Waals surface area contributed by atoms with Crippen LogP contribution in [0.1, 0.15) is 90.9 Å². The molecule has 0 fully saturated rings. The molecule has 0 aromatic heterocycles. The molecule has 0 saturated carbocycles. The Balaban J connectivity index is 3.71. The van der Waals surface area contributed by atoms with Gasteiger partial charge in [-0.1, -0.05) is 78.1 Å². The molecule has 1 atom stereocenters. The van der Waals surface area contributed by atoms with Gasteiger partial charge in [0.05, 0.1) is 13.0 Å². The third-order valence-corrected chi connectivity index (χ3v) is 3.85. The van der Waals surface area contributed by atoms with Gasteiger partial charge in [0.25, 0.3) is 0 Å². The number of methoxy groups -OCH3 is 1. The number of hydrogen-bond acceptors (Lipinski definition) is 2. The molecule has 0 aromatic rings. The second-order valence-corrected chi connectivity index (χ2v) is 5.63. The molecule has 0 aliphatic carbocycles. The number of ether oxygens (including phenoxy) is 1. The summed E-state index contributed by atoms with van der Waals surface area (Å²) in [5, 5.41) is 0. The van der Waals surface area contributed by atoms with E-state index in [2.05, 4.69) is 13.8 Å². The predicted octanol–water partition coefficient (Wildman–Crippen LogP) is 5.50. The maximum atomic E-state index is 11.7. The Morgan fingerprint density at radius 3 is 1.68 bits per heavy atom. The molecule has 0 aromatic carbocycles. The quantitative estimate of drug-likeness (QED) is 0.326. The molecule has 0 rings (SSSR count). The van der Waals surface area contributed by atoms with Gasteiger partial charge < -0.3 is 4.74 Å². The second kappa shape index (κ2) is 13.9. The van der Waals surface area contributed by atoms with Crippen molar-refractivity contribution in [2.75, 3.05) is 7.11 Å². The normalized spacial score (nSPS) is 12.4. The standard InChI is InChI=1S/C17H34O2/c1-4-6-8-10-11-13-15-16(17(18)19-3)14-12-9-7-5-2/h16H,4-15H2,1-3H3. The Labute approximate surface area is 120 Å². The van der Waals surface area contributed by atoms with Gasteiger partial charge in [-0.2, -0.15) is 0 Å². The molecule has 2 nitrogen and oxygen atoms in total. The number of hydrogen-bond donors (Lipinski definition) is 0. The van der Waals surface area contributed by atoms with Crippen LogP contribution in [0.2, 0.25) is 0 Å². The fraction of sp³-hybridized carbons (Fsp3) is 0.941. The molecule has 0 saturated heterocycles. The Morgan fingerprint density at radius 2 is 1.21 bits per heavy atom. The predicted molar refractivity (Wildman–Crippen MR) is 82.3 cm³/mol. The summed E-state index contributed by atoms with van der Waals surface area (Å²) in [6, 6.07) is 0. The van der Waals surface area contributed by atoms with Crippen LogP contribution >= 0.6 is 0 Å². The number of carbonyl (C=O) groups excluding carboxylic acids is 1. The lowest BCUT2D eigenvalue weighted by Crippen LogP contribution is -2.16. The first-order chi connectivity index (χ1) is 9.26. The highest BCUT2D eigenvalue weighted by Crippen LogP contribution is 2.20. The van der Waals surface area contributed by atoms with Gasteiger partial charge in [0.2, 0.25) is 0 Å². The number of rotatable bonds is 13. The Kier molecular flexibility index (Phi) is 13.5. The van der Waals surface area contributed by atoms with E-state index in [1.807, 2.05) is 0 Å². The smallest absolute Gasteiger partial charge is 0.308 e. The van der Waals surface area contributed by atoms with Gasteiger partial charge >= 0.3 is 5.97 Å². The summed E-state index contributed by atoms with van der Waals surface area (Å²) >= 11 is 0. The van der Waals surface area contributed by atoms with E-state index < -0.39 is 0 Å². The summed E-state index contributed by atoms with van der Waals surface area (Å²) in [6.07, 6.45) is 14.7. The van der Waals surface area contributed by atoms with Gasteiger partial charge in [0, 0.05) is 0 Å². The molecule has 0 N–H and O–H groups in total. The first-order valence-corrected chi connectivity index (χ1v) is 8.34. The highest BCUT2D eigenvalue weighted by atomic mass is 16.5. The molecule has 0 heterocycles. The van der Waals surface area contributed by atoms with Crippen molar-refractivity contribution >= 4 is 5.97 Å². The number of esters is 1. The third kappa shape index (κ3) is 11.0. The molecule has 0 aliphatic rings. The van der Waals surface area contributed by atoms with Crippen molar-refractivity contribution in [3.8, 4) is 0 Å². The highest BCUT2D eigenvalue weighted by molar-refractivity contribution is 5.72. The Morgan fingerprint density at radius 1 is 0.789 bits per heavy atom. The van der Waals surface area contributed by atoms with Crippen molar-refractivity contribution in [3.63, 3.8) is 0 Å². The molecule has 1 unspecified atom stereocenters. The molecule has 0 spiro atoms. The van der Waals surface area contributed by atoms with Crippen LogP contribution in [0.3, 0.4) is 0 Å². The van der Waals surface area contributed by atoms with Crippen LogP contribution in [0.4, 0.5) is 0 Å². The summed E-state index contributed by atoms with van der Waals surface area (Å²) in [7, 11) is 1.52. The maximum absolute atomic E-state index is 11.7. The number of unbranched alkanes of at least 4 members (excludes halogenated alkanes) is 8. The minimum atomic E-state index is 0.00468. The van der Waals surface area contributed by atoms with Crippen molar-refractivity contribution in [1.82, 2.24) is 0 Å². The van der Waals surface area contributed by atoms with Crippen molar-refractivity contribution in [1.29, 1.82) is 0 Å². The van der Waals surface area contributed by atoms with Crippen LogP contribution in [0.15, 0.2) is 0 Å². The number of carbonyl (C=O) groups is 1. The van der Waals surface area contributed by atoms with Crippen molar-refractivity contribution in [2.24, 2.45) is 5.92 Å². The van der Waals surface area contributed by atoms with Gasteiger partial charge in [0.1, 0.15) is 0 Å². The monoisotopic (exact) mass is 270 g/mol. The van der Waals surface area contributed by atoms with E-state index in [4.69, 9.17) is 4.74 Å². The van der Waals surface area contributed by atoms with Crippen LogP contribution in [-0.2, 0) is 9.53 Å². The molecular weight excluding hydrogens is 236 g/mol. The summed E-state index contributed by atoms with van der Waals surface area (Å²) in [5.41, 5.74) is 0. The van der Waals surface area contributed by atoms with Crippen LogP contribution in [0.5, 0.6) is 0 Å². The zero-order valence-corrected chi connectivity index (χ0v) is 13.4. The van der Waals surface area contributed by atoms with Crippen molar-refractivity contribution in [2.45, 2.75) is 90.9 Å². The van der Waals surface area contributed by atoms with E-state index >= 15 is 0 Å². The van der Waals surface area contributed by atoms with Gasteiger partial charge in [-0.3, -0.25) is 4.79 Å². The van der Waals surface area contributed by atoms with Gasteiger partial charge in [-0.15, -0.1) is 0 Å². The molecule has 114 valence electrons. The molecular formula is C17H34O2. The molecule has 19 heavy (non-hydrogen) atoms. The van der Waals surface area contributed by atoms with Crippen LogP contribution in [0, 0.1) is 5.92 Å². The molecule has 0 radical (unpaired) electrons. The molecule has 0 bridgehead atoms. The molecule has 0 aliphatic heterocycles. The van der Waals surface area contributed by atoms with Crippen LogP contribution < -0.4 is 0 Å². The first kappa shape index (κ1) is 18.5. The summed E-state index contributed by atoms with van der Waals surface area (Å²) in [4.78, 5) is 11.7. The van der Waals surface area contributed by atoms with Crippen LogP contribution in [0.25, 0.3) is 0 Å². The molecule has 2 heteroatoms. The lowest BCUT2D eigenvalue weighted by Gasteiger charge is -2.14. The van der Waals surface area contributed by atoms with E-state index in [0.29, 0.717) is 0 Å². The lowest BCUT2D eigenvalue weighted by atomic mass is 9.94. The first-order valence-electron chi connectivity index (χ1n) is 8.34. The Hall–Kier alpha value is -0.530. The van der Waals surface area contributed by atoms with E-state index in [1.54, 1.807) is 0 Å². The average molecular weight is 270 g/mol.